The molecule has 1 atom stereocenters. The first-order valence-electron chi connectivity index (χ1n) is 4.89. The van der Waals surface area contributed by atoms with Crippen LogP contribution in [-0.2, 0) is 15.6 Å². The predicted octanol–water partition coefficient (Wildman–Crippen LogP) is 2.44. The molecule has 0 fully saturated rings. The standard InChI is InChI=1S/C11H12F2O2S/c1-2-3-9(14)7-16(15)11-5-4-8(12)6-10(11)13/h4-6H,2-3,7H2,1H3. The van der Waals surface area contributed by atoms with Crippen molar-refractivity contribution in [2.24, 2.45) is 0 Å². The number of carbonyl (C=O) groups excluding carboxylic acids is 1. The largest absolute Gasteiger partial charge is 0.299 e. The highest BCUT2D eigenvalue weighted by Gasteiger charge is 2.14. The Morgan fingerprint density at radius 2 is 2.06 bits per heavy atom. The number of hydrogen-bond acceptors (Lipinski definition) is 2. The van der Waals surface area contributed by atoms with Crippen LogP contribution >= 0.6 is 0 Å². The molecule has 0 saturated carbocycles. The van der Waals surface area contributed by atoms with Gasteiger partial charge in [-0.1, -0.05) is 6.92 Å². The van der Waals surface area contributed by atoms with Crippen LogP contribution in [0.5, 0.6) is 0 Å². The number of hydrogen-bond donors (Lipinski definition) is 0. The Labute approximate surface area is 95.1 Å². The summed E-state index contributed by atoms with van der Waals surface area (Å²) >= 11 is 0. The monoisotopic (exact) mass is 246 g/mol. The SMILES string of the molecule is CCCC(=O)CS(=O)c1ccc(F)cc1F. The van der Waals surface area contributed by atoms with E-state index in [9.17, 15) is 17.8 Å². The molecule has 88 valence electrons. The lowest BCUT2D eigenvalue weighted by molar-refractivity contribution is -0.116. The minimum absolute atomic E-state index is 0.120. The molecule has 0 heterocycles. The lowest BCUT2D eigenvalue weighted by atomic mass is 10.3. The second-order valence-corrected chi connectivity index (χ2v) is 4.77. The summed E-state index contributed by atoms with van der Waals surface area (Å²) < 4.78 is 37.4. The Balaban J connectivity index is 2.77. The number of halogens is 2. The molecular formula is C11H12F2O2S. The number of ketones is 1. The van der Waals surface area contributed by atoms with Crippen LogP contribution < -0.4 is 0 Å². The highest BCUT2D eigenvalue weighted by molar-refractivity contribution is 7.85. The molecule has 0 aliphatic heterocycles. The highest BCUT2D eigenvalue weighted by Crippen LogP contribution is 2.14. The van der Waals surface area contributed by atoms with Gasteiger partial charge in [0.15, 0.2) is 0 Å². The van der Waals surface area contributed by atoms with E-state index in [1.54, 1.807) is 0 Å². The lowest BCUT2D eigenvalue weighted by Crippen LogP contribution is -2.11. The van der Waals surface area contributed by atoms with E-state index in [-0.39, 0.29) is 16.4 Å². The van der Waals surface area contributed by atoms with Crippen molar-refractivity contribution in [2.75, 3.05) is 5.75 Å². The van der Waals surface area contributed by atoms with Crippen molar-refractivity contribution in [3.05, 3.63) is 29.8 Å². The summed E-state index contributed by atoms with van der Waals surface area (Å²) in [5.41, 5.74) is 0. The third kappa shape index (κ3) is 3.48. The lowest BCUT2D eigenvalue weighted by Gasteiger charge is -2.02. The van der Waals surface area contributed by atoms with Crippen LogP contribution in [0, 0.1) is 11.6 Å². The van der Waals surface area contributed by atoms with Crippen LogP contribution in [0.15, 0.2) is 23.1 Å². The first-order valence-corrected chi connectivity index (χ1v) is 6.21. The van der Waals surface area contributed by atoms with Crippen LogP contribution in [0.1, 0.15) is 19.8 Å². The fourth-order valence-corrected chi connectivity index (χ4v) is 2.32. The van der Waals surface area contributed by atoms with Gasteiger partial charge in [0.1, 0.15) is 17.4 Å². The number of Topliss-reactive ketones (excluding diaryl/α,β-unsaturated/α-hetero) is 1. The Morgan fingerprint density at radius 1 is 1.38 bits per heavy atom. The maximum absolute atomic E-state index is 13.2. The fraction of sp³-hybridized carbons (Fsp3) is 0.364. The molecule has 0 radical (unpaired) electrons. The quantitative estimate of drug-likeness (QED) is 0.799. The number of benzene rings is 1. The molecule has 1 unspecified atom stereocenters. The van der Waals surface area contributed by atoms with Crippen LogP contribution in [-0.4, -0.2) is 15.7 Å². The maximum Gasteiger partial charge on any atom is 0.145 e. The smallest absolute Gasteiger partial charge is 0.145 e. The summed E-state index contributed by atoms with van der Waals surface area (Å²) in [5.74, 6) is -1.98. The van der Waals surface area contributed by atoms with Crippen molar-refractivity contribution in [1.82, 2.24) is 0 Å². The zero-order valence-electron chi connectivity index (χ0n) is 8.83. The molecule has 2 nitrogen and oxygen atoms in total. The van der Waals surface area contributed by atoms with Gasteiger partial charge in [-0.3, -0.25) is 9.00 Å². The number of carbonyl (C=O) groups is 1. The number of rotatable bonds is 5. The van der Waals surface area contributed by atoms with Gasteiger partial charge in [0.2, 0.25) is 0 Å². The highest BCUT2D eigenvalue weighted by atomic mass is 32.2. The molecule has 0 saturated heterocycles. The van der Waals surface area contributed by atoms with Crippen molar-refractivity contribution in [3.8, 4) is 0 Å². The van der Waals surface area contributed by atoms with Gasteiger partial charge in [0.05, 0.1) is 21.4 Å². The third-order valence-corrected chi connectivity index (χ3v) is 3.37. The molecular weight excluding hydrogens is 234 g/mol. The molecule has 16 heavy (non-hydrogen) atoms. The summed E-state index contributed by atoms with van der Waals surface area (Å²) in [7, 11) is -1.73. The van der Waals surface area contributed by atoms with E-state index in [4.69, 9.17) is 0 Å². The summed E-state index contributed by atoms with van der Waals surface area (Å²) in [6, 6.07) is 2.80. The van der Waals surface area contributed by atoms with Gasteiger partial charge in [-0.2, -0.15) is 0 Å². The van der Waals surface area contributed by atoms with E-state index in [1.807, 2.05) is 6.92 Å². The zero-order valence-corrected chi connectivity index (χ0v) is 9.65. The second kappa shape index (κ2) is 5.84. The molecule has 1 rings (SSSR count). The molecule has 1 aromatic rings. The van der Waals surface area contributed by atoms with Gasteiger partial charge in [-0.25, -0.2) is 8.78 Å². The first kappa shape index (κ1) is 13.0. The molecule has 0 aromatic heterocycles. The molecule has 0 spiro atoms. The van der Waals surface area contributed by atoms with Crippen molar-refractivity contribution < 1.29 is 17.8 Å². The second-order valence-electron chi connectivity index (χ2n) is 3.35. The molecule has 0 aliphatic carbocycles. The Morgan fingerprint density at radius 3 is 2.62 bits per heavy atom. The molecule has 0 aliphatic rings. The van der Waals surface area contributed by atoms with Crippen molar-refractivity contribution in [1.29, 1.82) is 0 Å². The van der Waals surface area contributed by atoms with E-state index in [2.05, 4.69) is 0 Å². The van der Waals surface area contributed by atoms with Gasteiger partial charge in [-0.15, -0.1) is 0 Å². The van der Waals surface area contributed by atoms with Crippen LogP contribution in [0.2, 0.25) is 0 Å². The Hall–Kier alpha value is -1.10. The Kier molecular flexibility index (Phi) is 4.73. The predicted molar refractivity (Wildman–Crippen MR) is 57.5 cm³/mol. The summed E-state index contributed by atoms with van der Waals surface area (Å²) in [6.45, 7) is 1.83. The minimum atomic E-state index is -1.73. The van der Waals surface area contributed by atoms with E-state index in [0.717, 1.165) is 12.1 Å². The fourth-order valence-electron chi connectivity index (χ4n) is 1.23. The molecule has 0 amide bonds. The van der Waals surface area contributed by atoms with Gasteiger partial charge < -0.3 is 0 Å². The maximum atomic E-state index is 13.2. The molecule has 1 aromatic carbocycles. The molecule has 0 bridgehead atoms. The van der Waals surface area contributed by atoms with E-state index >= 15 is 0 Å². The average Bonchev–Trinajstić information content (AvgIpc) is 2.17. The molecule has 5 heteroatoms. The molecule has 0 N–H and O–H groups in total. The van der Waals surface area contributed by atoms with Crippen molar-refractivity contribution in [3.63, 3.8) is 0 Å². The van der Waals surface area contributed by atoms with E-state index < -0.39 is 22.4 Å². The topological polar surface area (TPSA) is 34.1 Å². The summed E-state index contributed by atoms with van der Waals surface area (Å²) in [4.78, 5) is 11.1. The van der Waals surface area contributed by atoms with Crippen LogP contribution in [0.25, 0.3) is 0 Å². The van der Waals surface area contributed by atoms with Gasteiger partial charge in [0, 0.05) is 12.5 Å². The zero-order chi connectivity index (χ0) is 12.1. The van der Waals surface area contributed by atoms with Crippen molar-refractivity contribution >= 4 is 16.6 Å². The minimum Gasteiger partial charge on any atom is -0.299 e. The van der Waals surface area contributed by atoms with E-state index in [0.29, 0.717) is 18.9 Å². The Bertz CT molecular complexity index is 418. The van der Waals surface area contributed by atoms with Crippen molar-refractivity contribution in [2.45, 2.75) is 24.7 Å². The summed E-state index contributed by atoms with van der Waals surface area (Å²) in [6.07, 6.45) is 0.997. The van der Waals surface area contributed by atoms with Gasteiger partial charge in [0.25, 0.3) is 0 Å². The normalized spacial score (nSPS) is 12.4. The first-order chi connectivity index (χ1) is 7.54. The van der Waals surface area contributed by atoms with Crippen LogP contribution in [0.3, 0.4) is 0 Å². The third-order valence-electron chi connectivity index (χ3n) is 1.96. The van der Waals surface area contributed by atoms with E-state index in [1.165, 1.54) is 0 Å². The van der Waals surface area contributed by atoms with Gasteiger partial charge >= 0.3 is 0 Å². The van der Waals surface area contributed by atoms with Gasteiger partial charge in [-0.05, 0) is 18.6 Å². The summed E-state index contributed by atoms with van der Waals surface area (Å²) in [5, 5.41) is 0. The van der Waals surface area contributed by atoms with Crippen LogP contribution in [0.4, 0.5) is 8.78 Å². The average molecular weight is 246 g/mol.